The van der Waals surface area contributed by atoms with Gasteiger partial charge in [-0.15, -0.1) is 0 Å². The van der Waals surface area contributed by atoms with Crippen LogP contribution in [-0.2, 0) is 0 Å². The zero-order chi connectivity index (χ0) is 6.78. The first-order valence-corrected chi connectivity index (χ1v) is 3.55. The van der Waals surface area contributed by atoms with Crippen molar-refractivity contribution in [1.82, 2.24) is 4.90 Å². The van der Waals surface area contributed by atoms with Gasteiger partial charge in [0.25, 0.3) is 0 Å². The van der Waals surface area contributed by atoms with E-state index < -0.39 is 0 Å². The van der Waals surface area contributed by atoms with E-state index in [1.54, 1.807) is 0 Å². The van der Waals surface area contributed by atoms with Crippen molar-refractivity contribution in [3.05, 3.63) is 0 Å². The summed E-state index contributed by atoms with van der Waals surface area (Å²) in [4.78, 5) is 2.16. The Labute approximate surface area is 60.2 Å². The van der Waals surface area contributed by atoms with Gasteiger partial charge in [0.05, 0.1) is 0 Å². The van der Waals surface area contributed by atoms with E-state index in [0.29, 0.717) is 0 Å². The van der Waals surface area contributed by atoms with Crippen LogP contribution in [0, 0.1) is 0 Å². The van der Waals surface area contributed by atoms with Crippen LogP contribution in [0.3, 0.4) is 0 Å². The first-order valence-electron chi connectivity index (χ1n) is 2.75. The Bertz CT molecular complexity index is 63.4. The molecule has 0 amide bonds. The maximum absolute atomic E-state index is 3.54. The smallest absolute Gasteiger partial charge is 0.0328 e. The van der Waals surface area contributed by atoms with E-state index in [4.69, 9.17) is 0 Å². The third-order valence-electron chi connectivity index (χ3n) is 0.692. The maximum Gasteiger partial charge on any atom is 0.0328 e. The molecule has 8 heavy (non-hydrogen) atoms. The molecule has 0 fully saturated rings. The summed E-state index contributed by atoms with van der Waals surface area (Å²) in [5.74, 6) is 0. The van der Waals surface area contributed by atoms with Crippen LogP contribution in [0.2, 0.25) is 0 Å². The summed E-state index contributed by atoms with van der Waals surface area (Å²) >= 11 is 3.54. The molecule has 0 saturated heterocycles. The van der Waals surface area contributed by atoms with Crippen molar-refractivity contribution < 1.29 is 0 Å². The van der Waals surface area contributed by atoms with Gasteiger partial charge >= 0.3 is 0 Å². The molecule has 0 atom stereocenters. The second-order valence-corrected chi connectivity index (χ2v) is 5.10. The van der Waals surface area contributed by atoms with E-state index in [1.807, 2.05) is 0 Å². The first-order chi connectivity index (χ1) is 3.42. The van der Waals surface area contributed by atoms with Crippen LogP contribution in [0.4, 0.5) is 0 Å². The highest BCUT2D eigenvalue weighted by Gasteiger charge is 2.12. The average Bonchev–Trinajstić information content (AvgIpc) is 1.21. The quantitative estimate of drug-likeness (QED) is 0.585. The number of nitrogens with zero attached hydrogens (tertiary/aromatic N) is 1. The molecule has 0 spiro atoms. The molecule has 0 radical (unpaired) electrons. The Morgan fingerprint density at radius 3 is 1.75 bits per heavy atom. The molecule has 2 heteroatoms. The number of halogens is 1. The zero-order valence-corrected chi connectivity index (χ0v) is 7.62. The average molecular weight is 180 g/mol. The van der Waals surface area contributed by atoms with Gasteiger partial charge in [-0.05, 0) is 27.9 Å². The topological polar surface area (TPSA) is 3.24 Å². The van der Waals surface area contributed by atoms with E-state index in [9.17, 15) is 0 Å². The predicted octanol–water partition coefficient (Wildman–Crippen LogP) is 1.72. The monoisotopic (exact) mass is 179 g/mol. The van der Waals surface area contributed by atoms with Crippen LogP contribution in [0.25, 0.3) is 0 Å². The first kappa shape index (κ1) is 8.44. The van der Waals surface area contributed by atoms with Gasteiger partial charge < -0.3 is 4.90 Å². The van der Waals surface area contributed by atoms with Crippen LogP contribution in [0.15, 0.2) is 0 Å². The molecule has 0 aromatic carbocycles. The number of alkyl halides is 1. The summed E-state index contributed by atoms with van der Waals surface area (Å²) in [6.45, 7) is 5.40. The largest absolute Gasteiger partial charge is 0.308 e. The summed E-state index contributed by atoms with van der Waals surface area (Å²) < 4.78 is 0.260. The third-order valence-corrected chi connectivity index (χ3v) is 0.943. The fraction of sp³-hybridized carbons (Fsp3) is 1.00. The summed E-state index contributed by atoms with van der Waals surface area (Å²) in [5.41, 5.74) is 0. The molecular formula is C6H14BrN. The standard InChI is InChI=1S/C6H14BrN/c1-6(2,7)5-8(3)4/h5H2,1-4H3. The highest BCUT2D eigenvalue weighted by atomic mass is 79.9. The van der Waals surface area contributed by atoms with Crippen LogP contribution < -0.4 is 0 Å². The highest BCUT2D eigenvalue weighted by molar-refractivity contribution is 9.10. The van der Waals surface area contributed by atoms with E-state index in [2.05, 4.69) is 48.8 Å². The minimum absolute atomic E-state index is 0.260. The lowest BCUT2D eigenvalue weighted by atomic mass is 10.2. The van der Waals surface area contributed by atoms with Crippen molar-refractivity contribution in [2.45, 2.75) is 18.2 Å². The summed E-state index contributed by atoms with van der Waals surface area (Å²) in [6, 6.07) is 0. The van der Waals surface area contributed by atoms with Gasteiger partial charge in [0.15, 0.2) is 0 Å². The van der Waals surface area contributed by atoms with Crippen LogP contribution in [0.5, 0.6) is 0 Å². The molecule has 0 aliphatic carbocycles. The van der Waals surface area contributed by atoms with E-state index in [1.165, 1.54) is 0 Å². The maximum atomic E-state index is 3.54. The third kappa shape index (κ3) is 6.44. The van der Waals surface area contributed by atoms with Gasteiger partial charge in [-0.25, -0.2) is 0 Å². The van der Waals surface area contributed by atoms with E-state index in [0.717, 1.165) is 6.54 Å². The fourth-order valence-electron chi connectivity index (χ4n) is 0.752. The molecule has 0 heterocycles. The summed E-state index contributed by atoms with van der Waals surface area (Å²) in [7, 11) is 4.14. The molecule has 0 N–H and O–H groups in total. The van der Waals surface area contributed by atoms with Crippen molar-refractivity contribution >= 4 is 15.9 Å². The van der Waals surface area contributed by atoms with Gasteiger partial charge in [0.2, 0.25) is 0 Å². The molecular weight excluding hydrogens is 166 g/mol. The van der Waals surface area contributed by atoms with Gasteiger partial charge in [0, 0.05) is 10.9 Å². The molecule has 0 unspecified atom stereocenters. The minimum atomic E-state index is 0.260. The van der Waals surface area contributed by atoms with Crippen molar-refractivity contribution in [1.29, 1.82) is 0 Å². The molecule has 0 aliphatic rings. The molecule has 0 bridgehead atoms. The lowest BCUT2D eigenvalue weighted by Crippen LogP contribution is -2.28. The van der Waals surface area contributed by atoms with Crippen LogP contribution in [-0.4, -0.2) is 29.9 Å². The van der Waals surface area contributed by atoms with E-state index >= 15 is 0 Å². The fourth-order valence-corrected chi connectivity index (χ4v) is 1.25. The van der Waals surface area contributed by atoms with Gasteiger partial charge in [-0.3, -0.25) is 0 Å². The molecule has 0 aromatic rings. The lowest BCUT2D eigenvalue weighted by molar-refractivity contribution is 0.377. The predicted molar refractivity (Wildman–Crippen MR) is 41.6 cm³/mol. The molecule has 1 nitrogen and oxygen atoms in total. The SMILES string of the molecule is CN(C)CC(C)(C)Br. The van der Waals surface area contributed by atoms with E-state index in [-0.39, 0.29) is 4.32 Å². The molecule has 0 aliphatic heterocycles. The van der Waals surface area contributed by atoms with Crippen molar-refractivity contribution in [2.24, 2.45) is 0 Å². The van der Waals surface area contributed by atoms with Gasteiger partial charge in [-0.2, -0.15) is 0 Å². The molecule has 50 valence electrons. The Morgan fingerprint density at radius 1 is 1.38 bits per heavy atom. The van der Waals surface area contributed by atoms with Crippen molar-refractivity contribution in [3.63, 3.8) is 0 Å². The number of rotatable bonds is 2. The number of hydrogen-bond donors (Lipinski definition) is 0. The second kappa shape index (κ2) is 2.83. The Balaban J connectivity index is 3.39. The van der Waals surface area contributed by atoms with Crippen molar-refractivity contribution in [3.8, 4) is 0 Å². The van der Waals surface area contributed by atoms with Crippen LogP contribution in [0.1, 0.15) is 13.8 Å². The Morgan fingerprint density at radius 2 is 1.75 bits per heavy atom. The second-order valence-electron chi connectivity index (χ2n) is 2.96. The van der Waals surface area contributed by atoms with Crippen molar-refractivity contribution in [2.75, 3.05) is 20.6 Å². The number of hydrogen-bond acceptors (Lipinski definition) is 1. The molecule has 0 saturated carbocycles. The summed E-state index contributed by atoms with van der Waals surface area (Å²) in [6.07, 6.45) is 0. The Kier molecular flexibility index (Phi) is 2.99. The Hall–Kier alpha value is 0.440. The highest BCUT2D eigenvalue weighted by Crippen LogP contribution is 2.15. The summed E-state index contributed by atoms with van der Waals surface area (Å²) in [5, 5.41) is 0. The molecule has 0 rings (SSSR count). The minimum Gasteiger partial charge on any atom is -0.308 e. The lowest BCUT2D eigenvalue weighted by Gasteiger charge is -2.20. The zero-order valence-electron chi connectivity index (χ0n) is 6.03. The molecule has 0 aromatic heterocycles. The normalized spacial score (nSPS) is 12.8. The van der Waals surface area contributed by atoms with Gasteiger partial charge in [-0.1, -0.05) is 15.9 Å². The van der Waals surface area contributed by atoms with Crippen LogP contribution >= 0.6 is 15.9 Å². The van der Waals surface area contributed by atoms with Gasteiger partial charge in [0.1, 0.15) is 0 Å².